The van der Waals surface area contributed by atoms with Gasteiger partial charge < -0.3 is 9.67 Å². The van der Waals surface area contributed by atoms with Crippen molar-refractivity contribution in [2.24, 2.45) is 0 Å². The second kappa shape index (κ2) is 13.3. The number of aromatic nitrogens is 6. The Labute approximate surface area is 315 Å². The summed E-state index contributed by atoms with van der Waals surface area (Å²) in [7, 11) is 0. The Morgan fingerprint density at radius 1 is 0.615 bits per heavy atom. The average Bonchev–Trinajstić information content (AvgIpc) is 3.57. The summed E-state index contributed by atoms with van der Waals surface area (Å²) in [6, 6.07) is 32.0. The summed E-state index contributed by atoms with van der Waals surface area (Å²) >= 11 is 7.13. The van der Waals surface area contributed by atoms with E-state index in [1.807, 2.05) is 66.7 Å². The van der Waals surface area contributed by atoms with Gasteiger partial charge >= 0.3 is 5.97 Å². The van der Waals surface area contributed by atoms with Crippen molar-refractivity contribution in [3.8, 4) is 45.0 Å². The molecular weight excluding hydrogens is 780 g/mol. The van der Waals surface area contributed by atoms with E-state index in [1.54, 1.807) is 18.5 Å². The van der Waals surface area contributed by atoms with Crippen LogP contribution in [0.1, 0.15) is 48.5 Å². The van der Waals surface area contributed by atoms with Gasteiger partial charge in [0.2, 0.25) is 0 Å². The van der Waals surface area contributed by atoms with Crippen LogP contribution in [0.2, 0.25) is 0 Å². The number of hydrogen-bond acceptors (Lipinski definition) is 6. The van der Waals surface area contributed by atoms with E-state index in [1.165, 1.54) is 6.42 Å². The molecule has 3 heterocycles. The zero-order chi connectivity index (χ0) is 35.3. The first-order chi connectivity index (χ1) is 25.4. The number of halogens is 2. The highest BCUT2D eigenvalue weighted by atomic mass is 79.9. The van der Waals surface area contributed by atoms with Crippen molar-refractivity contribution in [3.63, 3.8) is 0 Å². The van der Waals surface area contributed by atoms with Crippen LogP contribution in [0.3, 0.4) is 0 Å². The van der Waals surface area contributed by atoms with Crippen molar-refractivity contribution in [2.75, 3.05) is 0 Å². The molecule has 0 bridgehead atoms. The Bertz CT molecular complexity index is 2670. The Morgan fingerprint density at radius 2 is 1.19 bits per heavy atom. The molecule has 1 aliphatic rings. The number of benzene rings is 5. The molecule has 5 aromatic carbocycles. The molecule has 0 aliphatic heterocycles. The highest BCUT2D eigenvalue weighted by Gasteiger charge is 2.27. The van der Waals surface area contributed by atoms with Crippen molar-refractivity contribution in [2.45, 2.75) is 38.1 Å². The number of carbonyl (C=O) groups is 1. The topological polar surface area (TPSA) is 107 Å². The van der Waals surface area contributed by atoms with Crippen LogP contribution < -0.4 is 0 Å². The summed E-state index contributed by atoms with van der Waals surface area (Å²) < 4.78 is 4.32. The van der Waals surface area contributed by atoms with Crippen LogP contribution in [-0.2, 0) is 0 Å². The van der Waals surface area contributed by atoms with Crippen LogP contribution in [0.4, 0.5) is 0 Å². The average molecular weight is 811 g/mol. The van der Waals surface area contributed by atoms with Crippen molar-refractivity contribution in [1.29, 1.82) is 0 Å². The van der Waals surface area contributed by atoms with Crippen molar-refractivity contribution in [1.82, 2.24) is 29.5 Å². The van der Waals surface area contributed by atoms with Crippen LogP contribution in [0.5, 0.6) is 0 Å². The second-order valence-electron chi connectivity index (χ2n) is 13.2. The van der Waals surface area contributed by atoms with Crippen LogP contribution in [0, 0.1) is 0 Å². The Kier molecular flexibility index (Phi) is 8.36. The van der Waals surface area contributed by atoms with Gasteiger partial charge in [0, 0.05) is 49.6 Å². The van der Waals surface area contributed by atoms with Gasteiger partial charge in [0.15, 0.2) is 0 Å². The Morgan fingerprint density at radius 3 is 1.87 bits per heavy atom. The lowest BCUT2D eigenvalue weighted by Crippen LogP contribution is -2.14. The maximum Gasteiger partial charge on any atom is 0.336 e. The summed E-state index contributed by atoms with van der Waals surface area (Å²) in [6.45, 7) is 0. The quantitative estimate of drug-likeness (QED) is 0.178. The molecule has 1 fully saturated rings. The van der Waals surface area contributed by atoms with Crippen LogP contribution in [0.15, 0.2) is 118 Å². The van der Waals surface area contributed by atoms with E-state index < -0.39 is 5.97 Å². The number of rotatable bonds is 6. The van der Waals surface area contributed by atoms with Crippen LogP contribution in [0.25, 0.3) is 78.1 Å². The van der Waals surface area contributed by atoms with Gasteiger partial charge in [0.05, 0.1) is 50.1 Å². The third-order valence-corrected chi connectivity index (χ3v) is 11.0. The molecule has 0 amide bonds. The lowest BCUT2D eigenvalue weighted by Gasteiger charge is -2.26. The smallest absolute Gasteiger partial charge is 0.336 e. The molecule has 8 aromatic rings. The fourth-order valence-corrected chi connectivity index (χ4v) is 8.00. The maximum absolute atomic E-state index is 12.7. The molecule has 1 saturated carbocycles. The molecule has 9 rings (SSSR count). The number of carboxylic acid groups (broad SMARTS) is 1. The van der Waals surface area contributed by atoms with Gasteiger partial charge in [0.25, 0.3) is 0 Å². The zero-order valence-electron chi connectivity index (χ0n) is 27.8. The number of carboxylic acids is 1. The fourth-order valence-electron chi connectivity index (χ4n) is 7.47. The lowest BCUT2D eigenvalue weighted by atomic mass is 9.94. The monoisotopic (exact) mass is 808 g/mol. The number of nitrogens with zero attached hydrogens (tertiary/aromatic N) is 6. The molecule has 10 heteroatoms. The zero-order valence-corrected chi connectivity index (χ0v) is 31.0. The van der Waals surface area contributed by atoms with E-state index in [4.69, 9.17) is 15.0 Å². The molecule has 254 valence electrons. The first kappa shape index (κ1) is 32.6. The molecule has 0 saturated heterocycles. The minimum absolute atomic E-state index is 0.194. The summed E-state index contributed by atoms with van der Waals surface area (Å²) in [4.78, 5) is 37.5. The maximum atomic E-state index is 12.7. The van der Waals surface area contributed by atoms with Gasteiger partial charge in [-0.15, -0.1) is 0 Å². The highest BCUT2D eigenvalue weighted by Crippen LogP contribution is 2.41. The van der Waals surface area contributed by atoms with E-state index >= 15 is 0 Å². The molecule has 52 heavy (non-hydrogen) atoms. The number of hydrogen-bond donors (Lipinski definition) is 1. The molecular formula is C42H30Br2N6O2. The van der Waals surface area contributed by atoms with Gasteiger partial charge in [-0.05, 0) is 85.1 Å². The van der Waals surface area contributed by atoms with Gasteiger partial charge in [-0.2, -0.15) is 0 Å². The highest BCUT2D eigenvalue weighted by molar-refractivity contribution is 9.10. The summed E-state index contributed by atoms with van der Waals surface area (Å²) in [6.07, 6.45) is 8.82. The minimum atomic E-state index is -1.01. The van der Waals surface area contributed by atoms with E-state index in [0.717, 1.165) is 96.2 Å². The van der Waals surface area contributed by atoms with Gasteiger partial charge in [-0.25, -0.2) is 19.7 Å². The van der Waals surface area contributed by atoms with Crippen molar-refractivity contribution in [3.05, 3.63) is 124 Å². The van der Waals surface area contributed by atoms with Crippen molar-refractivity contribution < 1.29 is 9.90 Å². The molecule has 0 spiro atoms. The van der Waals surface area contributed by atoms with Gasteiger partial charge in [-0.3, -0.25) is 9.97 Å². The van der Waals surface area contributed by atoms with Crippen molar-refractivity contribution >= 4 is 70.9 Å². The summed E-state index contributed by atoms with van der Waals surface area (Å²) in [5, 5.41) is 10.4. The number of fused-ring (bicyclic) bond motifs is 3. The Hall–Kier alpha value is -5.32. The largest absolute Gasteiger partial charge is 0.478 e. The molecule has 0 unspecified atom stereocenters. The van der Waals surface area contributed by atoms with E-state index in [-0.39, 0.29) is 11.6 Å². The van der Waals surface area contributed by atoms with Gasteiger partial charge in [-0.1, -0.05) is 81.5 Å². The summed E-state index contributed by atoms with van der Waals surface area (Å²) in [5.74, 6) is -0.218. The minimum Gasteiger partial charge on any atom is -0.478 e. The normalized spacial score (nSPS) is 13.7. The van der Waals surface area contributed by atoms with E-state index in [2.05, 4.69) is 70.7 Å². The first-order valence-corrected chi connectivity index (χ1v) is 18.8. The standard InChI is InChI=1S/C42H30Br2N6O2/c43-28-12-6-24(7-13-28)38-39(25-8-14-29(44)15-9-25)48-35-23-27(11-18-33(35)47-38)41-49-40-36(50(41)30-4-2-1-3-5-30)19-16-31(42(51)52)37(40)26-10-17-32-34(22-26)46-21-20-45-32/h6-23,30H,1-5H2,(H,51,52). The van der Waals surface area contributed by atoms with E-state index in [9.17, 15) is 9.90 Å². The van der Waals surface area contributed by atoms with Gasteiger partial charge in [0.1, 0.15) is 5.82 Å². The molecule has 1 N–H and O–H groups in total. The number of imidazole rings is 1. The SMILES string of the molecule is O=C(O)c1ccc2c(nc(-c3ccc4nc(-c5ccc(Br)cc5)c(-c5ccc(Br)cc5)nc4c3)n2C2CCCCC2)c1-c1ccc2nccnc2c1. The first-order valence-electron chi connectivity index (χ1n) is 17.2. The molecule has 8 nitrogen and oxygen atoms in total. The van der Waals surface area contributed by atoms with E-state index in [0.29, 0.717) is 16.6 Å². The fraction of sp³-hybridized carbons (Fsp3) is 0.143. The van der Waals surface area contributed by atoms with Crippen LogP contribution in [-0.4, -0.2) is 40.6 Å². The predicted molar refractivity (Wildman–Crippen MR) is 212 cm³/mol. The molecule has 3 aromatic heterocycles. The molecule has 0 radical (unpaired) electrons. The predicted octanol–water partition coefficient (Wildman–Crippen LogP) is 11.3. The lowest BCUT2D eigenvalue weighted by molar-refractivity contribution is 0.0698. The molecule has 1 aliphatic carbocycles. The third-order valence-electron chi connectivity index (χ3n) is 9.95. The Balaban J connectivity index is 1.28. The third kappa shape index (κ3) is 5.85. The molecule has 0 atom stereocenters. The second-order valence-corrected chi connectivity index (χ2v) is 15.0. The number of aromatic carboxylic acids is 1. The summed E-state index contributed by atoms with van der Waals surface area (Å²) in [5.41, 5.74) is 10.4. The van der Waals surface area contributed by atoms with Crippen LogP contribution >= 0.6 is 31.9 Å².